The fourth-order valence-electron chi connectivity index (χ4n) is 1.79. The topological polar surface area (TPSA) is 52.6 Å². The molecule has 0 atom stereocenters. The average Bonchev–Trinajstić information content (AvgIpc) is 2.29. The molecule has 2 rings (SSSR count). The van der Waals surface area contributed by atoms with E-state index in [0.717, 1.165) is 5.56 Å². The number of benzene rings is 1. The number of ketones is 1. The zero-order chi connectivity index (χ0) is 12.1. The molecule has 0 unspecified atom stereocenters. The van der Waals surface area contributed by atoms with Crippen LogP contribution in [0, 0.1) is 5.41 Å². The van der Waals surface area contributed by atoms with Crippen molar-refractivity contribution in [2.45, 2.75) is 6.42 Å². The van der Waals surface area contributed by atoms with E-state index in [2.05, 4.69) is 0 Å². The van der Waals surface area contributed by atoms with E-state index in [9.17, 15) is 9.36 Å². The quantitative estimate of drug-likeness (QED) is 0.727. The zero-order valence-electron chi connectivity index (χ0n) is 9.30. The number of carbonyl (C=O) groups is 1. The molecule has 1 fully saturated rings. The largest absolute Gasteiger partial charge is 0.379 e. The minimum absolute atomic E-state index is 0.0820. The van der Waals surface area contributed by atoms with Crippen LogP contribution in [0.2, 0.25) is 0 Å². The van der Waals surface area contributed by atoms with Crippen LogP contribution < -0.4 is 0 Å². The van der Waals surface area contributed by atoms with Gasteiger partial charge >= 0.3 is 8.69 Å². The Hall–Kier alpha value is -1.09. The van der Waals surface area contributed by atoms with E-state index >= 15 is 0 Å². The van der Waals surface area contributed by atoms with Crippen LogP contribution in [0.1, 0.15) is 5.56 Å². The minimum atomic E-state index is -0.604. The third kappa shape index (κ3) is 2.78. The van der Waals surface area contributed by atoms with Gasteiger partial charge < -0.3 is 4.74 Å². The highest BCUT2D eigenvalue weighted by atomic mass is 31.1. The Labute approximate surface area is 101 Å². The molecule has 0 saturated carbocycles. The second kappa shape index (κ2) is 5.50. The van der Waals surface area contributed by atoms with E-state index in [1.54, 1.807) is 0 Å². The predicted octanol–water partition coefficient (Wildman–Crippen LogP) is 2.04. The summed E-state index contributed by atoms with van der Waals surface area (Å²) in [6, 6.07) is 9.55. The maximum Gasteiger partial charge on any atom is 0.327 e. The number of carbonyl (C=O) groups excluding carboxylic acids is 1. The Morgan fingerprint density at radius 3 is 2.59 bits per heavy atom. The summed E-state index contributed by atoms with van der Waals surface area (Å²) in [4.78, 5) is 12.2. The van der Waals surface area contributed by atoms with Gasteiger partial charge in [-0.1, -0.05) is 30.3 Å². The molecule has 1 aromatic rings. The fraction of sp³-hybridized carbons (Fsp3) is 0.417. The van der Waals surface area contributed by atoms with E-state index in [-0.39, 0.29) is 12.4 Å². The Kier molecular flexibility index (Phi) is 4.00. The summed E-state index contributed by atoms with van der Waals surface area (Å²) in [6.45, 7) is 0.867. The molecule has 0 aromatic heterocycles. The summed E-state index contributed by atoms with van der Waals surface area (Å²) in [5, 5.41) is 0. The molecule has 0 bridgehead atoms. The first-order valence-electron chi connectivity index (χ1n) is 5.36. The zero-order valence-corrected chi connectivity index (χ0v) is 10.2. The van der Waals surface area contributed by atoms with Crippen molar-refractivity contribution in [3.8, 4) is 0 Å². The number of hydrogen-bond donors (Lipinski definition) is 0. The fourth-order valence-corrected chi connectivity index (χ4v) is 2.09. The molecular weight excluding hydrogens is 239 g/mol. The van der Waals surface area contributed by atoms with Crippen LogP contribution in [0.25, 0.3) is 0 Å². The van der Waals surface area contributed by atoms with Gasteiger partial charge in [0, 0.05) is 6.42 Å². The molecule has 1 aromatic carbocycles. The van der Waals surface area contributed by atoms with Crippen molar-refractivity contribution < 1.29 is 18.6 Å². The lowest BCUT2D eigenvalue weighted by Crippen LogP contribution is -2.52. The van der Waals surface area contributed by atoms with E-state index in [1.165, 1.54) is 0 Å². The number of rotatable bonds is 6. The molecule has 0 radical (unpaired) electrons. The Bertz CT molecular complexity index is 400. The van der Waals surface area contributed by atoms with Gasteiger partial charge in [-0.25, -0.2) is 4.57 Å². The Morgan fingerprint density at radius 1 is 1.35 bits per heavy atom. The Morgan fingerprint density at radius 2 is 2.06 bits per heavy atom. The number of Topliss-reactive ketones (excluding diaryl/α,β-unsaturated/α-hetero) is 1. The van der Waals surface area contributed by atoms with Gasteiger partial charge in [-0.15, -0.1) is 0 Å². The summed E-state index contributed by atoms with van der Waals surface area (Å²) < 4.78 is 20.2. The second-order valence-corrected chi connectivity index (χ2v) is 4.61. The SMILES string of the molecule is O=POCC1(C(=O)Cc2ccccc2)COC1. The van der Waals surface area contributed by atoms with E-state index in [1.807, 2.05) is 30.3 Å². The van der Waals surface area contributed by atoms with Gasteiger partial charge in [0.05, 0.1) is 19.8 Å². The van der Waals surface area contributed by atoms with Crippen molar-refractivity contribution in [1.29, 1.82) is 0 Å². The van der Waals surface area contributed by atoms with Crippen molar-refractivity contribution in [2.75, 3.05) is 19.8 Å². The van der Waals surface area contributed by atoms with Crippen molar-refractivity contribution in [1.82, 2.24) is 0 Å². The standard InChI is InChI=1S/C12H13O4P/c13-11(6-10-4-2-1-3-5-10)12(7-15-8-12)9-16-17-14/h1-5H,6-9H2. The van der Waals surface area contributed by atoms with Crippen LogP contribution in [0.4, 0.5) is 0 Å². The highest BCUT2D eigenvalue weighted by molar-refractivity contribution is 7.17. The molecule has 0 N–H and O–H groups in total. The van der Waals surface area contributed by atoms with E-state index in [4.69, 9.17) is 9.26 Å². The molecule has 1 aliphatic rings. The van der Waals surface area contributed by atoms with E-state index in [0.29, 0.717) is 19.6 Å². The third-order valence-electron chi connectivity index (χ3n) is 2.95. The molecule has 4 nitrogen and oxygen atoms in total. The van der Waals surface area contributed by atoms with Gasteiger partial charge in [-0.05, 0) is 5.56 Å². The Balaban J connectivity index is 2.00. The molecule has 5 heteroatoms. The number of ether oxygens (including phenoxy) is 1. The maximum atomic E-state index is 12.2. The van der Waals surface area contributed by atoms with Gasteiger partial charge in [0.1, 0.15) is 11.2 Å². The summed E-state index contributed by atoms with van der Waals surface area (Å²) in [5.74, 6) is 0.0820. The van der Waals surface area contributed by atoms with Crippen molar-refractivity contribution in [2.24, 2.45) is 5.41 Å². The molecule has 0 aliphatic carbocycles. The lowest BCUT2D eigenvalue weighted by Gasteiger charge is -2.38. The molecule has 1 heterocycles. The van der Waals surface area contributed by atoms with Gasteiger partial charge in [-0.3, -0.25) is 9.32 Å². The van der Waals surface area contributed by atoms with Gasteiger partial charge in [0.15, 0.2) is 0 Å². The summed E-state index contributed by atoms with van der Waals surface area (Å²) >= 11 is 0. The van der Waals surface area contributed by atoms with E-state index < -0.39 is 14.1 Å². The molecule has 0 spiro atoms. The predicted molar refractivity (Wildman–Crippen MR) is 62.0 cm³/mol. The normalized spacial score (nSPS) is 17.6. The first kappa shape index (κ1) is 12.4. The number of hydrogen-bond acceptors (Lipinski definition) is 4. The van der Waals surface area contributed by atoms with Crippen molar-refractivity contribution in [3.05, 3.63) is 35.9 Å². The second-order valence-electron chi connectivity index (χ2n) is 4.21. The smallest absolute Gasteiger partial charge is 0.327 e. The van der Waals surface area contributed by atoms with Crippen LogP contribution >= 0.6 is 8.69 Å². The van der Waals surface area contributed by atoms with Gasteiger partial charge in [0.2, 0.25) is 0 Å². The minimum Gasteiger partial charge on any atom is -0.379 e. The summed E-state index contributed by atoms with van der Waals surface area (Å²) in [5.41, 5.74) is 0.371. The van der Waals surface area contributed by atoms with Crippen molar-refractivity contribution >= 4 is 14.5 Å². The van der Waals surface area contributed by atoms with Crippen LogP contribution in [-0.4, -0.2) is 25.6 Å². The van der Waals surface area contributed by atoms with Crippen LogP contribution in [0.5, 0.6) is 0 Å². The molecule has 1 saturated heterocycles. The molecule has 1 aliphatic heterocycles. The first-order valence-corrected chi connectivity index (χ1v) is 6.09. The van der Waals surface area contributed by atoms with Crippen LogP contribution in [-0.2, 0) is 25.0 Å². The monoisotopic (exact) mass is 252 g/mol. The molecular formula is C12H13O4P. The van der Waals surface area contributed by atoms with Gasteiger partial charge in [0.25, 0.3) is 0 Å². The highest BCUT2D eigenvalue weighted by Crippen LogP contribution is 2.31. The van der Waals surface area contributed by atoms with Crippen LogP contribution in [0.15, 0.2) is 30.3 Å². The summed E-state index contributed by atoms with van der Waals surface area (Å²) in [6.07, 6.45) is 0.364. The average molecular weight is 252 g/mol. The third-order valence-corrected chi connectivity index (χ3v) is 3.18. The van der Waals surface area contributed by atoms with Crippen LogP contribution in [0.3, 0.4) is 0 Å². The maximum absolute atomic E-state index is 12.2. The lowest BCUT2D eigenvalue weighted by molar-refractivity contribution is -0.164. The first-order chi connectivity index (χ1) is 8.27. The van der Waals surface area contributed by atoms with Gasteiger partial charge in [-0.2, -0.15) is 0 Å². The molecule has 90 valence electrons. The van der Waals surface area contributed by atoms with Crippen molar-refractivity contribution in [3.63, 3.8) is 0 Å². The highest BCUT2D eigenvalue weighted by Gasteiger charge is 2.45. The molecule has 0 amide bonds. The summed E-state index contributed by atoms with van der Waals surface area (Å²) in [7, 11) is -0.393. The lowest BCUT2D eigenvalue weighted by atomic mass is 9.80. The molecule has 17 heavy (non-hydrogen) atoms.